The average Bonchev–Trinajstić information content (AvgIpc) is 2.97. The normalized spacial score (nSPS) is 20.5. The van der Waals surface area contributed by atoms with E-state index in [1.807, 2.05) is 0 Å². The summed E-state index contributed by atoms with van der Waals surface area (Å²) in [5.74, 6) is -2.25. The third-order valence-corrected chi connectivity index (χ3v) is 5.75. The SMILES string of the molecule is CC(=O)C(C)(C)O/N=C(\C(=O)N[C@@H]1C(=O)N(S(=O)(=O)O)[C@H]1C)c1csc(N)n1. The molecule has 0 aromatic carbocycles. The van der Waals surface area contributed by atoms with Crippen LogP contribution in [0.3, 0.4) is 0 Å². The number of amides is 2. The van der Waals surface area contributed by atoms with Gasteiger partial charge in [0.2, 0.25) is 0 Å². The molecule has 0 spiro atoms. The van der Waals surface area contributed by atoms with Crippen molar-refractivity contribution in [3.8, 4) is 0 Å². The second-order valence-electron chi connectivity index (χ2n) is 6.47. The number of nitrogens with one attached hydrogen (secondary N) is 1. The van der Waals surface area contributed by atoms with Gasteiger partial charge in [0.25, 0.3) is 11.8 Å². The summed E-state index contributed by atoms with van der Waals surface area (Å²) in [6.07, 6.45) is 0. The Morgan fingerprint density at radius 2 is 2.07 bits per heavy atom. The van der Waals surface area contributed by atoms with Crippen molar-refractivity contribution in [2.75, 3.05) is 5.73 Å². The predicted molar refractivity (Wildman–Crippen MR) is 98.7 cm³/mol. The zero-order chi connectivity index (χ0) is 21.4. The molecule has 2 atom stereocenters. The van der Waals surface area contributed by atoms with E-state index in [4.69, 9.17) is 15.1 Å². The van der Waals surface area contributed by atoms with E-state index < -0.39 is 39.8 Å². The van der Waals surface area contributed by atoms with Crippen LogP contribution in [0.2, 0.25) is 0 Å². The zero-order valence-corrected chi connectivity index (χ0v) is 17.0. The van der Waals surface area contributed by atoms with Crippen LogP contribution >= 0.6 is 11.3 Å². The van der Waals surface area contributed by atoms with Gasteiger partial charge in [-0.2, -0.15) is 8.42 Å². The maximum Gasteiger partial charge on any atom is 0.362 e. The Labute approximate surface area is 164 Å². The summed E-state index contributed by atoms with van der Waals surface area (Å²) in [5, 5.41) is 7.59. The molecule has 2 heterocycles. The highest BCUT2D eigenvalue weighted by atomic mass is 32.2. The lowest BCUT2D eigenvalue weighted by Gasteiger charge is -2.42. The molecule has 1 aromatic rings. The number of hydrogen-bond acceptors (Lipinski definition) is 10. The van der Waals surface area contributed by atoms with Crippen LogP contribution in [-0.2, 0) is 29.5 Å². The van der Waals surface area contributed by atoms with Gasteiger partial charge >= 0.3 is 10.3 Å². The van der Waals surface area contributed by atoms with E-state index in [0.29, 0.717) is 0 Å². The number of ketones is 1. The Bertz CT molecular complexity index is 953. The quantitative estimate of drug-likeness (QED) is 0.217. The van der Waals surface area contributed by atoms with E-state index in [1.165, 1.54) is 33.1 Å². The highest BCUT2D eigenvalue weighted by Gasteiger charge is 2.51. The number of anilines is 1. The van der Waals surface area contributed by atoms with Crippen molar-refractivity contribution in [1.82, 2.24) is 14.6 Å². The summed E-state index contributed by atoms with van der Waals surface area (Å²) < 4.78 is 31.6. The lowest BCUT2D eigenvalue weighted by atomic mass is 10.0. The largest absolute Gasteiger partial charge is 0.381 e. The molecule has 1 fully saturated rings. The number of β-lactam (4-membered cyclic amide) rings is 1. The highest BCUT2D eigenvalue weighted by Crippen LogP contribution is 2.23. The molecule has 0 radical (unpaired) electrons. The van der Waals surface area contributed by atoms with Crippen LogP contribution in [0.25, 0.3) is 0 Å². The summed E-state index contributed by atoms with van der Waals surface area (Å²) in [6, 6.07) is -2.22. The van der Waals surface area contributed by atoms with E-state index in [-0.39, 0.29) is 26.6 Å². The fourth-order valence-corrected chi connectivity index (χ4v) is 3.57. The van der Waals surface area contributed by atoms with Gasteiger partial charge in [-0.05, 0) is 27.7 Å². The number of rotatable bonds is 7. The van der Waals surface area contributed by atoms with Gasteiger partial charge in [0.15, 0.2) is 22.2 Å². The second kappa shape index (κ2) is 7.44. The summed E-state index contributed by atoms with van der Waals surface area (Å²) in [5.41, 5.74) is 3.93. The van der Waals surface area contributed by atoms with Gasteiger partial charge in [-0.15, -0.1) is 11.3 Å². The lowest BCUT2D eigenvalue weighted by molar-refractivity contribution is -0.144. The Balaban J connectivity index is 2.26. The van der Waals surface area contributed by atoms with Gasteiger partial charge in [-0.25, -0.2) is 9.29 Å². The zero-order valence-electron chi connectivity index (χ0n) is 15.4. The van der Waals surface area contributed by atoms with Crippen molar-refractivity contribution in [1.29, 1.82) is 0 Å². The third kappa shape index (κ3) is 4.28. The Hall–Kier alpha value is -2.58. The number of thiazole rings is 1. The van der Waals surface area contributed by atoms with Gasteiger partial charge in [-0.3, -0.25) is 18.9 Å². The number of nitrogen functional groups attached to an aromatic ring is 1. The number of aromatic nitrogens is 1. The van der Waals surface area contributed by atoms with Gasteiger partial charge in [0.05, 0.1) is 6.04 Å². The molecule has 0 bridgehead atoms. The van der Waals surface area contributed by atoms with Gasteiger partial charge in [-0.1, -0.05) is 5.16 Å². The molecule has 0 unspecified atom stereocenters. The molecule has 12 nitrogen and oxygen atoms in total. The molecule has 0 aliphatic carbocycles. The Morgan fingerprint density at radius 3 is 2.50 bits per heavy atom. The standard InChI is InChI=1S/C14H19N5O7S2/c1-6-9(12(22)19(6)28(23,24)25)17-11(21)10(8-5-27-13(15)16-8)18-26-14(3,4)7(2)20/h5-6,9H,1-4H3,(H2,15,16)(H,17,21)(H,23,24,25)/b18-10-/t6-,9-/m0/s1. The molecule has 28 heavy (non-hydrogen) atoms. The monoisotopic (exact) mass is 433 g/mol. The summed E-state index contributed by atoms with van der Waals surface area (Å²) in [7, 11) is -4.73. The minimum Gasteiger partial charge on any atom is -0.381 e. The number of carbonyl (C=O) groups is 3. The van der Waals surface area contributed by atoms with Gasteiger partial charge < -0.3 is 15.9 Å². The maximum atomic E-state index is 12.6. The number of Topliss-reactive ketones (excluding diaryl/α,β-unsaturated/α-hetero) is 1. The van der Waals surface area contributed by atoms with E-state index in [0.717, 1.165) is 11.3 Å². The van der Waals surface area contributed by atoms with Crippen molar-refractivity contribution in [3.63, 3.8) is 0 Å². The molecule has 1 aliphatic rings. The van der Waals surface area contributed by atoms with E-state index in [9.17, 15) is 22.8 Å². The van der Waals surface area contributed by atoms with Crippen LogP contribution in [0, 0.1) is 0 Å². The van der Waals surface area contributed by atoms with Crippen LogP contribution in [-0.4, -0.2) is 63.3 Å². The van der Waals surface area contributed by atoms with Crippen molar-refractivity contribution >= 4 is 50.1 Å². The fraction of sp³-hybridized carbons (Fsp3) is 0.500. The van der Waals surface area contributed by atoms with Crippen molar-refractivity contribution in [2.24, 2.45) is 5.16 Å². The van der Waals surface area contributed by atoms with Crippen LogP contribution in [0.1, 0.15) is 33.4 Å². The highest BCUT2D eigenvalue weighted by molar-refractivity contribution is 7.84. The first-order valence-electron chi connectivity index (χ1n) is 7.86. The third-order valence-electron chi connectivity index (χ3n) is 4.06. The van der Waals surface area contributed by atoms with Crippen molar-refractivity contribution < 1.29 is 32.2 Å². The fourth-order valence-electron chi connectivity index (χ4n) is 2.14. The summed E-state index contributed by atoms with van der Waals surface area (Å²) in [6.45, 7) is 5.51. The van der Waals surface area contributed by atoms with E-state index in [1.54, 1.807) is 0 Å². The van der Waals surface area contributed by atoms with Crippen LogP contribution < -0.4 is 11.1 Å². The molecule has 14 heteroatoms. The molecule has 0 saturated carbocycles. The molecule has 4 N–H and O–H groups in total. The minimum atomic E-state index is -4.73. The summed E-state index contributed by atoms with van der Waals surface area (Å²) >= 11 is 1.03. The van der Waals surface area contributed by atoms with Crippen LogP contribution in [0.4, 0.5) is 5.13 Å². The van der Waals surface area contributed by atoms with Gasteiger partial charge in [0, 0.05) is 5.38 Å². The van der Waals surface area contributed by atoms with E-state index in [2.05, 4.69) is 15.5 Å². The molecular formula is C14H19N5O7S2. The number of hydrogen-bond donors (Lipinski definition) is 3. The Morgan fingerprint density at radius 1 is 1.46 bits per heavy atom. The second-order valence-corrected chi connectivity index (χ2v) is 8.65. The number of nitrogens with two attached hydrogens (primary N) is 1. The topological polar surface area (TPSA) is 181 Å². The number of oxime groups is 1. The summed E-state index contributed by atoms with van der Waals surface area (Å²) in [4.78, 5) is 45.2. The molecule has 2 amide bonds. The maximum absolute atomic E-state index is 12.6. The average molecular weight is 433 g/mol. The smallest absolute Gasteiger partial charge is 0.362 e. The van der Waals surface area contributed by atoms with E-state index >= 15 is 0 Å². The molecule has 2 rings (SSSR count). The first-order valence-corrected chi connectivity index (χ1v) is 10.1. The minimum absolute atomic E-state index is 0.0467. The molecule has 154 valence electrons. The first kappa shape index (κ1) is 21.7. The van der Waals surface area contributed by atoms with Gasteiger partial charge in [0.1, 0.15) is 11.7 Å². The molecule has 1 aliphatic heterocycles. The lowest BCUT2D eigenvalue weighted by Crippen LogP contribution is -2.71. The van der Waals surface area contributed by atoms with Crippen LogP contribution in [0.15, 0.2) is 10.5 Å². The molecule has 1 aromatic heterocycles. The molecule has 1 saturated heterocycles. The Kier molecular flexibility index (Phi) is 5.77. The van der Waals surface area contributed by atoms with Crippen molar-refractivity contribution in [2.45, 2.75) is 45.4 Å². The van der Waals surface area contributed by atoms with Crippen LogP contribution in [0.5, 0.6) is 0 Å². The number of carbonyl (C=O) groups excluding carboxylic acids is 3. The first-order chi connectivity index (χ1) is 12.8. The van der Waals surface area contributed by atoms with Crippen molar-refractivity contribution in [3.05, 3.63) is 11.1 Å². The molecular weight excluding hydrogens is 414 g/mol. The predicted octanol–water partition coefficient (Wildman–Crippen LogP) is -0.668. The number of nitrogens with zero attached hydrogens (tertiary/aromatic N) is 3.